The van der Waals surface area contributed by atoms with Gasteiger partial charge in [0.1, 0.15) is 6.04 Å². The highest BCUT2D eigenvalue weighted by Gasteiger charge is 2.25. The molecule has 2 aromatic rings. The van der Waals surface area contributed by atoms with E-state index in [0.717, 1.165) is 11.3 Å². The summed E-state index contributed by atoms with van der Waals surface area (Å²) in [5, 5.41) is 9.55. The number of nitrogens with one attached hydrogen (secondary N) is 2. The minimum absolute atomic E-state index is 0.00587. The van der Waals surface area contributed by atoms with Gasteiger partial charge in [-0.3, -0.25) is 9.59 Å². The lowest BCUT2D eigenvalue weighted by molar-refractivity contribution is -0.116. The molecule has 2 N–H and O–H groups in total. The third-order valence-corrected chi connectivity index (χ3v) is 4.03. The van der Waals surface area contributed by atoms with E-state index in [4.69, 9.17) is 4.52 Å². The van der Waals surface area contributed by atoms with Gasteiger partial charge >= 0.3 is 0 Å². The van der Waals surface area contributed by atoms with Crippen LogP contribution in [0.15, 0.2) is 22.7 Å². The van der Waals surface area contributed by atoms with Crippen molar-refractivity contribution in [1.82, 2.24) is 15.5 Å². The van der Waals surface area contributed by atoms with Crippen molar-refractivity contribution < 1.29 is 14.1 Å². The number of nitrogens with zero attached hydrogens (tertiary/aromatic N) is 2. The number of anilines is 1. The number of hydrogen-bond donors (Lipinski definition) is 2. The fraction of sp³-hybridized carbons (Fsp3) is 0.412. The second kappa shape index (κ2) is 6.43. The normalized spacial score (nSPS) is 14.9. The van der Waals surface area contributed by atoms with Crippen LogP contribution in [0.1, 0.15) is 53.9 Å². The van der Waals surface area contributed by atoms with E-state index >= 15 is 0 Å². The highest BCUT2D eigenvalue weighted by Crippen LogP contribution is 2.25. The number of benzene rings is 1. The van der Waals surface area contributed by atoms with Gasteiger partial charge in [-0.05, 0) is 43.0 Å². The van der Waals surface area contributed by atoms with E-state index in [9.17, 15) is 9.59 Å². The fourth-order valence-corrected chi connectivity index (χ4v) is 2.70. The zero-order valence-corrected chi connectivity index (χ0v) is 13.9. The van der Waals surface area contributed by atoms with Gasteiger partial charge in [0.05, 0.1) is 0 Å². The Balaban J connectivity index is 1.79. The quantitative estimate of drug-likeness (QED) is 0.898. The summed E-state index contributed by atoms with van der Waals surface area (Å²) < 4.78 is 5.20. The van der Waals surface area contributed by atoms with Gasteiger partial charge in [0, 0.05) is 17.7 Å². The molecule has 2 amide bonds. The van der Waals surface area contributed by atoms with E-state index in [1.165, 1.54) is 0 Å². The van der Waals surface area contributed by atoms with Crippen LogP contribution in [0, 0.1) is 12.8 Å². The van der Waals surface area contributed by atoms with Crippen LogP contribution in [-0.2, 0) is 11.2 Å². The van der Waals surface area contributed by atoms with Crippen LogP contribution < -0.4 is 10.6 Å². The second-order valence-electron chi connectivity index (χ2n) is 6.30. The molecule has 7 nitrogen and oxygen atoms in total. The molecule has 7 heteroatoms. The molecule has 1 aliphatic rings. The Morgan fingerprint density at radius 3 is 2.79 bits per heavy atom. The Labute approximate surface area is 139 Å². The van der Waals surface area contributed by atoms with Gasteiger partial charge in [-0.2, -0.15) is 4.98 Å². The first-order chi connectivity index (χ1) is 11.4. The number of rotatable bonds is 4. The van der Waals surface area contributed by atoms with E-state index in [1.54, 1.807) is 19.1 Å². The van der Waals surface area contributed by atoms with E-state index in [0.29, 0.717) is 30.1 Å². The molecule has 1 atom stereocenters. The second-order valence-corrected chi connectivity index (χ2v) is 6.30. The van der Waals surface area contributed by atoms with Gasteiger partial charge in [0.15, 0.2) is 5.82 Å². The number of carbonyl (C=O) groups is 2. The van der Waals surface area contributed by atoms with Crippen molar-refractivity contribution in [2.45, 2.75) is 39.7 Å². The van der Waals surface area contributed by atoms with Crippen LogP contribution in [0.25, 0.3) is 0 Å². The lowest BCUT2D eigenvalue weighted by atomic mass is 9.99. The first-order valence-corrected chi connectivity index (χ1v) is 7.98. The lowest BCUT2D eigenvalue weighted by Crippen LogP contribution is -2.32. The van der Waals surface area contributed by atoms with Crippen molar-refractivity contribution in [3.05, 3.63) is 41.0 Å². The Bertz CT molecular complexity index is 782. The summed E-state index contributed by atoms with van der Waals surface area (Å²) in [4.78, 5) is 28.2. The monoisotopic (exact) mass is 328 g/mol. The molecule has 24 heavy (non-hydrogen) atoms. The van der Waals surface area contributed by atoms with Crippen LogP contribution in [0.3, 0.4) is 0 Å². The molecule has 1 aliphatic heterocycles. The van der Waals surface area contributed by atoms with Crippen molar-refractivity contribution in [1.29, 1.82) is 0 Å². The Kier molecular flexibility index (Phi) is 4.33. The maximum absolute atomic E-state index is 12.6. The minimum Gasteiger partial charge on any atom is -0.340 e. The molecule has 0 bridgehead atoms. The van der Waals surface area contributed by atoms with E-state index in [1.807, 2.05) is 19.9 Å². The SMILES string of the molecule is Cc1noc([C@@H](NC(=O)c2ccc3c(c2)CCC(=O)N3)C(C)C)n1. The predicted molar refractivity (Wildman–Crippen MR) is 87.5 cm³/mol. The number of aromatic nitrogens is 2. The first-order valence-electron chi connectivity index (χ1n) is 7.98. The number of aryl methyl sites for hydroxylation is 2. The van der Waals surface area contributed by atoms with Crippen molar-refractivity contribution in [2.75, 3.05) is 5.32 Å². The number of amides is 2. The predicted octanol–water partition coefficient (Wildman–Crippen LogP) is 2.39. The smallest absolute Gasteiger partial charge is 0.251 e. The van der Waals surface area contributed by atoms with Crippen molar-refractivity contribution in [3.63, 3.8) is 0 Å². The maximum Gasteiger partial charge on any atom is 0.251 e. The maximum atomic E-state index is 12.6. The third-order valence-electron chi connectivity index (χ3n) is 4.03. The molecule has 0 radical (unpaired) electrons. The first kappa shape index (κ1) is 16.2. The number of fused-ring (bicyclic) bond motifs is 1. The van der Waals surface area contributed by atoms with Gasteiger partial charge in [-0.15, -0.1) is 0 Å². The van der Waals surface area contributed by atoms with E-state index in [2.05, 4.69) is 20.8 Å². The molecular formula is C17H20N4O3. The summed E-state index contributed by atoms with van der Waals surface area (Å²) in [5.74, 6) is 0.844. The van der Waals surface area contributed by atoms with Crippen LogP contribution in [0.4, 0.5) is 5.69 Å². The zero-order chi connectivity index (χ0) is 17.3. The molecule has 0 saturated carbocycles. The van der Waals surface area contributed by atoms with Crippen LogP contribution in [0.2, 0.25) is 0 Å². The molecule has 3 rings (SSSR count). The standard InChI is InChI=1S/C17H20N4O3/c1-9(2)15(17-18-10(3)21-24-17)20-16(23)12-4-6-13-11(8-12)5-7-14(22)19-13/h4,6,8-9,15H,5,7H2,1-3H3,(H,19,22)(H,20,23)/t15-/m0/s1. The molecular weight excluding hydrogens is 308 g/mol. The van der Waals surface area contributed by atoms with Gasteiger partial charge in [0.2, 0.25) is 11.8 Å². The highest BCUT2D eigenvalue weighted by molar-refractivity contribution is 5.98. The lowest BCUT2D eigenvalue weighted by Gasteiger charge is -2.20. The summed E-state index contributed by atoms with van der Waals surface area (Å²) in [6, 6.07) is 4.94. The fourth-order valence-electron chi connectivity index (χ4n) is 2.70. The summed E-state index contributed by atoms with van der Waals surface area (Å²) in [6.45, 7) is 5.70. The minimum atomic E-state index is -0.352. The van der Waals surface area contributed by atoms with Gasteiger partial charge in [-0.1, -0.05) is 19.0 Å². The average molecular weight is 328 g/mol. The molecule has 0 spiro atoms. The number of carbonyl (C=O) groups excluding carboxylic acids is 2. The Morgan fingerprint density at radius 1 is 1.33 bits per heavy atom. The highest BCUT2D eigenvalue weighted by atomic mass is 16.5. The van der Waals surface area contributed by atoms with Crippen LogP contribution >= 0.6 is 0 Å². The zero-order valence-electron chi connectivity index (χ0n) is 13.9. The van der Waals surface area contributed by atoms with Crippen LogP contribution in [0.5, 0.6) is 0 Å². The molecule has 126 valence electrons. The molecule has 0 fully saturated rings. The van der Waals surface area contributed by atoms with E-state index in [-0.39, 0.29) is 23.8 Å². The van der Waals surface area contributed by atoms with Gasteiger partial charge in [-0.25, -0.2) is 0 Å². The molecule has 0 saturated heterocycles. The molecule has 1 aromatic carbocycles. The number of hydrogen-bond acceptors (Lipinski definition) is 5. The summed E-state index contributed by atoms with van der Waals surface area (Å²) in [5.41, 5.74) is 2.29. The molecule has 1 aromatic heterocycles. The Morgan fingerprint density at radius 2 is 2.12 bits per heavy atom. The van der Waals surface area contributed by atoms with Crippen molar-refractivity contribution in [2.24, 2.45) is 5.92 Å². The topological polar surface area (TPSA) is 97.1 Å². The summed E-state index contributed by atoms with van der Waals surface area (Å²) >= 11 is 0. The van der Waals surface area contributed by atoms with E-state index < -0.39 is 0 Å². The van der Waals surface area contributed by atoms with Gasteiger partial charge < -0.3 is 15.2 Å². The van der Waals surface area contributed by atoms with Crippen molar-refractivity contribution >= 4 is 17.5 Å². The van der Waals surface area contributed by atoms with Crippen molar-refractivity contribution in [3.8, 4) is 0 Å². The third kappa shape index (κ3) is 3.29. The average Bonchev–Trinajstić information content (AvgIpc) is 2.97. The summed E-state index contributed by atoms with van der Waals surface area (Å²) in [6.07, 6.45) is 1.08. The molecule has 0 aliphatic carbocycles. The Hall–Kier alpha value is -2.70. The largest absolute Gasteiger partial charge is 0.340 e. The van der Waals surface area contributed by atoms with Gasteiger partial charge in [0.25, 0.3) is 5.91 Å². The summed E-state index contributed by atoms with van der Waals surface area (Å²) in [7, 11) is 0. The molecule has 0 unspecified atom stereocenters. The van der Waals surface area contributed by atoms with Crippen LogP contribution in [-0.4, -0.2) is 22.0 Å². The molecule has 2 heterocycles.